The molecule has 1 atom stereocenters. The molecule has 0 saturated carbocycles. The lowest BCUT2D eigenvalue weighted by Gasteiger charge is -2.09. The van der Waals surface area contributed by atoms with Crippen LogP contribution < -0.4 is 0 Å². The number of aromatic nitrogens is 2. The molecule has 0 spiro atoms. The number of hydrogen-bond acceptors (Lipinski definition) is 3. The topological polar surface area (TPSA) is 35.0 Å². The fourth-order valence-corrected chi connectivity index (χ4v) is 1.21. The summed E-state index contributed by atoms with van der Waals surface area (Å²) in [7, 11) is 0. The fourth-order valence-electron chi connectivity index (χ4n) is 0.879. The Hall–Kier alpha value is -0.190. The Balaban J connectivity index is 2.84. The van der Waals surface area contributed by atoms with Crippen molar-refractivity contribution in [3.63, 3.8) is 0 Å². The lowest BCUT2D eigenvalue weighted by Crippen LogP contribution is -2.04. The highest BCUT2D eigenvalue weighted by Crippen LogP contribution is 2.21. The first-order valence-electron chi connectivity index (χ1n) is 3.94. The largest absolute Gasteiger partial charge is 0.371 e. The van der Waals surface area contributed by atoms with E-state index in [0.717, 1.165) is 0 Å². The van der Waals surface area contributed by atoms with Gasteiger partial charge < -0.3 is 4.74 Å². The summed E-state index contributed by atoms with van der Waals surface area (Å²) in [5.74, 6) is 0.607. The number of halogens is 2. The van der Waals surface area contributed by atoms with E-state index < -0.39 is 0 Å². The zero-order chi connectivity index (χ0) is 9.84. The lowest BCUT2D eigenvalue weighted by molar-refractivity contribution is 0.0700. The second-order valence-corrected chi connectivity index (χ2v) is 3.68. The monoisotopic (exact) mass is 264 g/mol. The molecule has 1 heterocycles. The minimum Gasteiger partial charge on any atom is -0.371 e. The molecule has 13 heavy (non-hydrogen) atoms. The Morgan fingerprint density at radius 3 is 2.92 bits per heavy atom. The molecule has 0 fully saturated rings. The molecule has 0 N–H and O–H groups in total. The SMILES string of the molecule is CCOC(C)c1ncc(Br)c(Cl)n1. The van der Waals surface area contributed by atoms with Crippen LogP contribution in [0.25, 0.3) is 0 Å². The summed E-state index contributed by atoms with van der Waals surface area (Å²) in [6, 6.07) is 0. The van der Waals surface area contributed by atoms with Crippen LogP contribution in [0, 0.1) is 0 Å². The van der Waals surface area contributed by atoms with E-state index in [0.29, 0.717) is 22.1 Å². The Labute approximate surface area is 90.6 Å². The first-order valence-corrected chi connectivity index (χ1v) is 5.11. The van der Waals surface area contributed by atoms with E-state index in [4.69, 9.17) is 16.3 Å². The van der Waals surface area contributed by atoms with E-state index in [2.05, 4.69) is 25.9 Å². The molecule has 3 nitrogen and oxygen atoms in total. The standard InChI is InChI=1S/C8H10BrClN2O/c1-3-13-5(2)8-11-4-6(9)7(10)12-8/h4-5H,3H2,1-2H3. The van der Waals surface area contributed by atoms with E-state index in [1.165, 1.54) is 0 Å². The molecule has 1 aromatic rings. The summed E-state index contributed by atoms with van der Waals surface area (Å²) < 4.78 is 6.02. The summed E-state index contributed by atoms with van der Waals surface area (Å²) in [6.45, 7) is 4.46. The number of hydrogen-bond donors (Lipinski definition) is 0. The smallest absolute Gasteiger partial charge is 0.158 e. The molecule has 0 bridgehead atoms. The van der Waals surface area contributed by atoms with Gasteiger partial charge in [-0.2, -0.15) is 0 Å². The van der Waals surface area contributed by atoms with E-state index in [1.54, 1.807) is 6.20 Å². The highest BCUT2D eigenvalue weighted by molar-refractivity contribution is 9.10. The second-order valence-electron chi connectivity index (χ2n) is 2.46. The van der Waals surface area contributed by atoms with Crippen LogP contribution in [0.1, 0.15) is 25.8 Å². The third-order valence-electron chi connectivity index (χ3n) is 1.50. The lowest BCUT2D eigenvalue weighted by atomic mass is 10.4. The van der Waals surface area contributed by atoms with E-state index >= 15 is 0 Å². The van der Waals surface area contributed by atoms with Gasteiger partial charge in [-0.1, -0.05) is 11.6 Å². The van der Waals surface area contributed by atoms with E-state index in [1.807, 2.05) is 13.8 Å². The maximum absolute atomic E-state index is 5.80. The van der Waals surface area contributed by atoms with Gasteiger partial charge in [-0.3, -0.25) is 0 Å². The third kappa shape index (κ3) is 2.90. The molecule has 0 radical (unpaired) electrons. The number of ether oxygens (including phenoxy) is 1. The molecule has 5 heteroatoms. The minimum atomic E-state index is -0.115. The van der Waals surface area contributed by atoms with Crippen molar-refractivity contribution in [3.8, 4) is 0 Å². The van der Waals surface area contributed by atoms with Gasteiger partial charge in [-0.15, -0.1) is 0 Å². The van der Waals surface area contributed by atoms with Gasteiger partial charge in [0.05, 0.1) is 4.47 Å². The van der Waals surface area contributed by atoms with Gasteiger partial charge in [0.1, 0.15) is 11.3 Å². The number of rotatable bonds is 3. The van der Waals surface area contributed by atoms with Gasteiger partial charge in [0.15, 0.2) is 5.82 Å². The average Bonchev–Trinajstić information content (AvgIpc) is 2.10. The summed E-state index contributed by atoms with van der Waals surface area (Å²) in [6.07, 6.45) is 1.51. The first kappa shape index (κ1) is 10.9. The molecule has 72 valence electrons. The molecule has 0 saturated heterocycles. The van der Waals surface area contributed by atoms with Crippen molar-refractivity contribution in [1.29, 1.82) is 0 Å². The van der Waals surface area contributed by atoms with Crippen LogP contribution >= 0.6 is 27.5 Å². The molecule has 1 rings (SSSR count). The Kier molecular flexibility index (Phi) is 4.09. The minimum absolute atomic E-state index is 0.115. The fraction of sp³-hybridized carbons (Fsp3) is 0.500. The Morgan fingerprint density at radius 1 is 1.69 bits per heavy atom. The van der Waals surface area contributed by atoms with Crippen molar-refractivity contribution in [2.24, 2.45) is 0 Å². The van der Waals surface area contributed by atoms with Gasteiger partial charge in [0.25, 0.3) is 0 Å². The summed E-state index contributed by atoms with van der Waals surface area (Å²) in [4.78, 5) is 8.16. The zero-order valence-electron chi connectivity index (χ0n) is 7.42. The van der Waals surface area contributed by atoms with Gasteiger partial charge in [0, 0.05) is 12.8 Å². The molecule has 0 aliphatic heterocycles. The summed E-state index contributed by atoms with van der Waals surface area (Å²) in [5, 5.41) is 0.413. The molecule has 0 aliphatic rings. The van der Waals surface area contributed by atoms with Crippen molar-refractivity contribution < 1.29 is 4.74 Å². The van der Waals surface area contributed by atoms with Crippen molar-refractivity contribution in [2.75, 3.05) is 6.61 Å². The Bertz CT molecular complexity index is 295. The summed E-state index contributed by atoms with van der Waals surface area (Å²) in [5.41, 5.74) is 0. The highest BCUT2D eigenvalue weighted by atomic mass is 79.9. The van der Waals surface area contributed by atoms with Crippen LogP contribution in [0.15, 0.2) is 10.7 Å². The normalized spacial score (nSPS) is 12.9. The molecule has 1 aromatic heterocycles. The van der Waals surface area contributed by atoms with E-state index in [9.17, 15) is 0 Å². The molecular formula is C8H10BrClN2O. The third-order valence-corrected chi connectivity index (χ3v) is 2.60. The van der Waals surface area contributed by atoms with Crippen molar-refractivity contribution in [2.45, 2.75) is 20.0 Å². The van der Waals surface area contributed by atoms with Crippen LogP contribution in [0.3, 0.4) is 0 Å². The second kappa shape index (κ2) is 4.88. The predicted octanol–water partition coefficient (Wildman–Crippen LogP) is 2.99. The molecule has 0 aliphatic carbocycles. The van der Waals surface area contributed by atoms with Crippen LogP contribution in [-0.2, 0) is 4.74 Å². The van der Waals surface area contributed by atoms with Crippen molar-refractivity contribution >= 4 is 27.5 Å². The zero-order valence-corrected chi connectivity index (χ0v) is 9.76. The van der Waals surface area contributed by atoms with Crippen LogP contribution in [0.2, 0.25) is 5.15 Å². The van der Waals surface area contributed by atoms with Crippen LogP contribution in [0.4, 0.5) is 0 Å². The first-order chi connectivity index (χ1) is 6.15. The summed E-state index contributed by atoms with van der Waals surface area (Å²) >= 11 is 9.02. The predicted molar refractivity (Wildman–Crippen MR) is 54.8 cm³/mol. The van der Waals surface area contributed by atoms with E-state index in [-0.39, 0.29) is 6.10 Å². The van der Waals surface area contributed by atoms with Gasteiger partial charge in [0.2, 0.25) is 0 Å². The molecule has 0 aromatic carbocycles. The van der Waals surface area contributed by atoms with Crippen molar-refractivity contribution in [3.05, 3.63) is 21.6 Å². The molecule has 0 amide bonds. The van der Waals surface area contributed by atoms with Gasteiger partial charge >= 0.3 is 0 Å². The van der Waals surface area contributed by atoms with Crippen LogP contribution in [0.5, 0.6) is 0 Å². The van der Waals surface area contributed by atoms with Gasteiger partial charge in [-0.25, -0.2) is 9.97 Å². The van der Waals surface area contributed by atoms with Crippen molar-refractivity contribution in [1.82, 2.24) is 9.97 Å². The maximum atomic E-state index is 5.80. The molecular weight excluding hydrogens is 255 g/mol. The maximum Gasteiger partial charge on any atom is 0.158 e. The molecule has 1 unspecified atom stereocenters. The quantitative estimate of drug-likeness (QED) is 0.788. The number of nitrogens with zero attached hydrogens (tertiary/aromatic N) is 2. The van der Waals surface area contributed by atoms with Crippen LogP contribution in [-0.4, -0.2) is 16.6 Å². The van der Waals surface area contributed by atoms with Gasteiger partial charge in [-0.05, 0) is 29.8 Å². The highest BCUT2D eigenvalue weighted by Gasteiger charge is 2.09. The average molecular weight is 266 g/mol. The Morgan fingerprint density at radius 2 is 2.38 bits per heavy atom.